The number of likely N-dealkylation sites (tertiary alicyclic amines) is 1. The van der Waals surface area contributed by atoms with Gasteiger partial charge in [-0.15, -0.1) is 0 Å². The highest BCUT2D eigenvalue weighted by molar-refractivity contribution is 5.86. The zero-order chi connectivity index (χ0) is 15.4. The van der Waals surface area contributed by atoms with Crippen molar-refractivity contribution in [2.75, 3.05) is 20.3 Å². The predicted octanol–water partition coefficient (Wildman–Crippen LogP) is 0.509. The number of carbonyl (C=O) groups excluding carboxylic acids is 2. The van der Waals surface area contributed by atoms with Crippen LogP contribution >= 0.6 is 0 Å². The highest BCUT2D eigenvalue weighted by Crippen LogP contribution is 2.20. The van der Waals surface area contributed by atoms with Crippen molar-refractivity contribution < 1.29 is 24.2 Å². The van der Waals surface area contributed by atoms with E-state index in [2.05, 4.69) is 4.74 Å². The maximum Gasteiger partial charge on any atom is 0.328 e. The molecule has 1 amide bonds. The first-order valence-electron chi connectivity index (χ1n) is 6.76. The van der Waals surface area contributed by atoms with Crippen molar-refractivity contribution in [3.05, 3.63) is 29.8 Å². The van der Waals surface area contributed by atoms with E-state index in [1.165, 1.54) is 12.0 Å². The van der Waals surface area contributed by atoms with Crippen LogP contribution in [-0.4, -0.2) is 54.3 Å². The molecule has 1 saturated heterocycles. The molecule has 21 heavy (non-hydrogen) atoms. The molecule has 6 nitrogen and oxygen atoms in total. The van der Waals surface area contributed by atoms with E-state index in [4.69, 9.17) is 4.74 Å². The Labute approximate surface area is 123 Å². The molecular formula is C15H19NO5. The maximum atomic E-state index is 12.2. The summed E-state index contributed by atoms with van der Waals surface area (Å²) in [6, 6.07) is 6.63. The second-order valence-corrected chi connectivity index (χ2v) is 5.03. The summed E-state index contributed by atoms with van der Waals surface area (Å²) in [7, 11) is 1.26. The molecule has 2 rings (SSSR count). The highest BCUT2D eigenvalue weighted by Gasteiger charge is 2.39. The number of benzene rings is 1. The van der Waals surface area contributed by atoms with Gasteiger partial charge in [0.25, 0.3) is 5.91 Å². The Morgan fingerprint density at radius 2 is 2.10 bits per heavy atom. The van der Waals surface area contributed by atoms with Crippen LogP contribution in [0.25, 0.3) is 0 Å². The number of esters is 1. The second kappa shape index (κ2) is 6.58. The van der Waals surface area contributed by atoms with Gasteiger partial charge in [-0.2, -0.15) is 0 Å². The van der Waals surface area contributed by atoms with Crippen LogP contribution in [0.3, 0.4) is 0 Å². The summed E-state index contributed by atoms with van der Waals surface area (Å²) in [5.74, 6) is -0.235. The molecule has 1 aromatic carbocycles. The minimum atomic E-state index is -0.738. The van der Waals surface area contributed by atoms with Crippen LogP contribution in [0.1, 0.15) is 12.0 Å². The quantitative estimate of drug-likeness (QED) is 0.819. The van der Waals surface area contributed by atoms with E-state index in [0.29, 0.717) is 5.75 Å². The molecule has 2 unspecified atom stereocenters. The number of para-hydroxylation sites is 1. The number of aliphatic hydroxyl groups excluding tert-OH is 1. The lowest BCUT2D eigenvalue weighted by Gasteiger charge is -2.22. The van der Waals surface area contributed by atoms with E-state index < -0.39 is 18.1 Å². The van der Waals surface area contributed by atoms with Gasteiger partial charge in [-0.25, -0.2) is 4.79 Å². The largest absolute Gasteiger partial charge is 0.484 e. The monoisotopic (exact) mass is 293 g/mol. The standard InChI is InChI=1S/C15H19NO5/c1-10-5-3-4-6-13(10)21-9-14(18)16-8-11(17)7-12(16)15(19)20-2/h3-6,11-12,17H,7-9H2,1-2H3. The number of nitrogens with zero attached hydrogens (tertiary/aromatic N) is 1. The van der Waals surface area contributed by atoms with Gasteiger partial charge in [0.05, 0.1) is 13.2 Å². The molecule has 1 fully saturated rings. The topological polar surface area (TPSA) is 76.1 Å². The number of aliphatic hydroxyl groups is 1. The Bertz CT molecular complexity index is 531. The van der Waals surface area contributed by atoms with Crippen LogP contribution in [0.2, 0.25) is 0 Å². The van der Waals surface area contributed by atoms with Gasteiger partial charge in [-0.05, 0) is 18.6 Å². The summed E-state index contributed by atoms with van der Waals surface area (Å²) in [5, 5.41) is 9.65. The Balaban J connectivity index is 1.99. The van der Waals surface area contributed by atoms with E-state index in [-0.39, 0.29) is 25.5 Å². The fourth-order valence-corrected chi connectivity index (χ4v) is 2.39. The number of carbonyl (C=O) groups is 2. The molecule has 2 atom stereocenters. The summed E-state index contributed by atoms with van der Waals surface area (Å²) in [6.45, 7) is 1.83. The van der Waals surface area contributed by atoms with Crippen LogP contribution in [0, 0.1) is 6.92 Å². The van der Waals surface area contributed by atoms with Crippen LogP contribution in [-0.2, 0) is 14.3 Å². The van der Waals surface area contributed by atoms with E-state index >= 15 is 0 Å². The second-order valence-electron chi connectivity index (χ2n) is 5.03. The molecule has 1 aliphatic heterocycles. The Morgan fingerprint density at radius 3 is 2.76 bits per heavy atom. The summed E-state index contributed by atoms with van der Waals surface area (Å²) in [4.78, 5) is 25.1. The van der Waals surface area contributed by atoms with Crippen molar-refractivity contribution in [3.63, 3.8) is 0 Å². The highest BCUT2D eigenvalue weighted by atomic mass is 16.5. The molecule has 1 aromatic rings. The number of rotatable bonds is 4. The number of ether oxygens (including phenoxy) is 2. The van der Waals surface area contributed by atoms with E-state index in [1.807, 2.05) is 25.1 Å². The smallest absolute Gasteiger partial charge is 0.328 e. The summed E-state index contributed by atoms with van der Waals surface area (Å²) in [5.41, 5.74) is 0.927. The summed E-state index contributed by atoms with van der Waals surface area (Å²) >= 11 is 0. The average Bonchev–Trinajstić information content (AvgIpc) is 2.87. The third-order valence-corrected chi connectivity index (χ3v) is 3.52. The Morgan fingerprint density at radius 1 is 1.38 bits per heavy atom. The molecular weight excluding hydrogens is 274 g/mol. The van der Waals surface area contributed by atoms with Crippen molar-refractivity contribution in [3.8, 4) is 5.75 Å². The minimum Gasteiger partial charge on any atom is -0.484 e. The first-order chi connectivity index (χ1) is 10.0. The number of methoxy groups -OCH3 is 1. The van der Waals surface area contributed by atoms with Gasteiger partial charge in [0, 0.05) is 13.0 Å². The number of hydrogen-bond donors (Lipinski definition) is 1. The van der Waals surface area contributed by atoms with Gasteiger partial charge in [-0.1, -0.05) is 18.2 Å². The van der Waals surface area contributed by atoms with Crippen molar-refractivity contribution in [2.45, 2.75) is 25.5 Å². The lowest BCUT2D eigenvalue weighted by atomic mass is 10.2. The molecule has 1 aliphatic rings. The normalized spacial score (nSPS) is 21.2. The van der Waals surface area contributed by atoms with Gasteiger partial charge < -0.3 is 19.5 Å². The van der Waals surface area contributed by atoms with E-state index in [1.54, 1.807) is 6.07 Å². The molecule has 0 saturated carbocycles. The third kappa shape index (κ3) is 3.52. The van der Waals surface area contributed by atoms with Crippen molar-refractivity contribution in [2.24, 2.45) is 0 Å². The molecule has 0 aromatic heterocycles. The first-order valence-corrected chi connectivity index (χ1v) is 6.76. The lowest BCUT2D eigenvalue weighted by Crippen LogP contribution is -2.43. The molecule has 114 valence electrons. The molecule has 0 spiro atoms. The van der Waals surface area contributed by atoms with Gasteiger partial charge in [-0.3, -0.25) is 4.79 Å². The first kappa shape index (κ1) is 15.3. The lowest BCUT2D eigenvalue weighted by molar-refractivity contribution is -0.151. The average molecular weight is 293 g/mol. The zero-order valence-corrected chi connectivity index (χ0v) is 12.1. The summed E-state index contributed by atoms with van der Waals surface area (Å²) < 4.78 is 10.1. The van der Waals surface area contributed by atoms with Gasteiger partial charge >= 0.3 is 5.97 Å². The van der Waals surface area contributed by atoms with Crippen LogP contribution in [0.4, 0.5) is 0 Å². The van der Waals surface area contributed by atoms with E-state index in [0.717, 1.165) is 5.56 Å². The van der Waals surface area contributed by atoms with Crippen molar-refractivity contribution in [1.82, 2.24) is 4.90 Å². The van der Waals surface area contributed by atoms with E-state index in [9.17, 15) is 14.7 Å². The number of hydrogen-bond acceptors (Lipinski definition) is 5. The molecule has 0 bridgehead atoms. The number of aryl methyl sites for hydroxylation is 1. The van der Waals surface area contributed by atoms with Gasteiger partial charge in [0.15, 0.2) is 6.61 Å². The Kier molecular flexibility index (Phi) is 4.80. The third-order valence-electron chi connectivity index (χ3n) is 3.52. The minimum absolute atomic E-state index is 0.121. The van der Waals surface area contributed by atoms with Crippen LogP contribution < -0.4 is 4.74 Å². The maximum absolute atomic E-state index is 12.2. The van der Waals surface area contributed by atoms with Crippen LogP contribution in [0.15, 0.2) is 24.3 Å². The zero-order valence-electron chi connectivity index (χ0n) is 12.1. The summed E-state index contributed by atoms with van der Waals surface area (Å²) in [6.07, 6.45) is -0.514. The number of amides is 1. The van der Waals surface area contributed by atoms with Gasteiger partial charge in [0.1, 0.15) is 11.8 Å². The molecule has 1 heterocycles. The predicted molar refractivity (Wildman–Crippen MR) is 74.8 cm³/mol. The SMILES string of the molecule is COC(=O)C1CC(O)CN1C(=O)COc1ccccc1C. The fraction of sp³-hybridized carbons (Fsp3) is 0.467. The molecule has 6 heteroatoms. The molecule has 1 N–H and O–H groups in total. The van der Waals surface area contributed by atoms with Crippen molar-refractivity contribution >= 4 is 11.9 Å². The fourth-order valence-electron chi connectivity index (χ4n) is 2.39. The van der Waals surface area contributed by atoms with Gasteiger partial charge in [0.2, 0.25) is 0 Å². The van der Waals surface area contributed by atoms with Crippen molar-refractivity contribution in [1.29, 1.82) is 0 Å². The number of β-amino-alcohol motifs (C(OH)–C–C–N with tert-alkyl or cyclic N) is 1. The molecule has 0 radical (unpaired) electrons. The molecule has 0 aliphatic carbocycles. The Hall–Kier alpha value is -2.08. The van der Waals surface area contributed by atoms with Crippen LogP contribution in [0.5, 0.6) is 5.75 Å².